The van der Waals surface area contributed by atoms with Gasteiger partial charge in [-0.1, -0.05) is 46.8 Å². The van der Waals surface area contributed by atoms with Crippen LogP contribution < -0.4 is 16.2 Å². The summed E-state index contributed by atoms with van der Waals surface area (Å²) < 4.78 is 5.09. The average molecular weight is 406 g/mol. The van der Waals surface area contributed by atoms with Gasteiger partial charge in [-0.2, -0.15) is 0 Å². The van der Waals surface area contributed by atoms with E-state index >= 15 is 0 Å². The van der Waals surface area contributed by atoms with Crippen LogP contribution in [0.25, 0.3) is 0 Å². The van der Waals surface area contributed by atoms with Crippen molar-refractivity contribution in [2.24, 2.45) is 5.92 Å². The quantitative estimate of drug-likeness (QED) is 0.651. The maximum atomic E-state index is 12.6. The lowest BCUT2D eigenvalue weighted by Gasteiger charge is -2.23. The molecule has 0 aliphatic heterocycles. The van der Waals surface area contributed by atoms with Crippen LogP contribution in [0.15, 0.2) is 24.3 Å². The molecule has 0 aromatic heterocycles. The molecule has 0 radical (unpaired) electrons. The van der Waals surface area contributed by atoms with Crippen LogP contribution >= 0.6 is 0 Å². The summed E-state index contributed by atoms with van der Waals surface area (Å²) in [7, 11) is 0. The molecule has 7 nitrogen and oxygen atoms in total. The minimum atomic E-state index is -0.792. The van der Waals surface area contributed by atoms with E-state index in [1.807, 2.05) is 26.0 Å². The van der Waals surface area contributed by atoms with Crippen LogP contribution in [-0.2, 0) is 14.9 Å². The Morgan fingerprint density at radius 3 is 1.93 bits per heavy atom. The van der Waals surface area contributed by atoms with Gasteiger partial charge in [0.25, 0.3) is 11.8 Å². The first-order chi connectivity index (χ1) is 13.2. The van der Waals surface area contributed by atoms with E-state index in [1.54, 1.807) is 32.9 Å². The molecule has 0 saturated carbocycles. The third kappa shape index (κ3) is 8.98. The second-order valence-electron chi connectivity index (χ2n) is 9.60. The van der Waals surface area contributed by atoms with Crippen molar-refractivity contribution in [1.29, 1.82) is 0 Å². The Labute approximate surface area is 173 Å². The van der Waals surface area contributed by atoms with Crippen molar-refractivity contribution in [3.05, 3.63) is 35.4 Å². The summed E-state index contributed by atoms with van der Waals surface area (Å²) in [6.45, 7) is 15.4. The van der Waals surface area contributed by atoms with E-state index in [0.717, 1.165) is 5.56 Å². The van der Waals surface area contributed by atoms with Crippen LogP contribution in [0.2, 0.25) is 0 Å². The van der Waals surface area contributed by atoms with Crippen molar-refractivity contribution in [2.75, 3.05) is 0 Å². The highest BCUT2D eigenvalue weighted by molar-refractivity contribution is 5.97. The highest BCUT2D eigenvalue weighted by Crippen LogP contribution is 2.22. The molecule has 1 aromatic carbocycles. The van der Waals surface area contributed by atoms with E-state index in [4.69, 9.17) is 4.74 Å². The van der Waals surface area contributed by atoms with Gasteiger partial charge in [-0.15, -0.1) is 0 Å². The molecule has 1 aromatic rings. The predicted octanol–water partition coefficient (Wildman–Crippen LogP) is 3.68. The minimum Gasteiger partial charge on any atom is -0.443 e. The van der Waals surface area contributed by atoms with E-state index < -0.39 is 23.6 Å². The van der Waals surface area contributed by atoms with Gasteiger partial charge in [0.2, 0.25) is 0 Å². The smallest absolute Gasteiger partial charge is 0.426 e. The molecule has 1 atom stereocenters. The van der Waals surface area contributed by atoms with Gasteiger partial charge in [0.15, 0.2) is 0 Å². The van der Waals surface area contributed by atoms with Gasteiger partial charge in [-0.25, -0.2) is 10.2 Å². The normalized spacial score (nSPS) is 12.9. The van der Waals surface area contributed by atoms with Gasteiger partial charge in [-0.05, 0) is 56.2 Å². The Balaban J connectivity index is 2.78. The number of carbonyl (C=O) groups excluding carboxylic acids is 3. The second kappa shape index (κ2) is 9.76. The number of carbonyl (C=O) groups is 3. The van der Waals surface area contributed by atoms with Crippen molar-refractivity contribution in [3.63, 3.8) is 0 Å². The number of hydrogen-bond acceptors (Lipinski definition) is 4. The van der Waals surface area contributed by atoms with Gasteiger partial charge in [0, 0.05) is 5.56 Å². The highest BCUT2D eigenvalue weighted by atomic mass is 16.6. The average Bonchev–Trinajstić information content (AvgIpc) is 2.56. The van der Waals surface area contributed by atoms with Crippen molar-refractivity contribution >= 4 is 17.9 Å². The molecule has 0 spiro atoms. The molecule has 0 bridgehead atoms. The molecule has 1 rings (SSSR count). The molecule has 0 aliphatic carbocycles. The van der Waals surface area contributed by atoms with Crippen LogP contribution in [0.3, 0.4) is 0 Å². The van der Waals surface area contributed by atoms with Gasteiger partial charge in [0.05, 0.1) is 0 Å². The van der Waals surface area contributed by atoms with Crippen LogP contribution in [0.1, 0.15) is 77.7 Å². The number of ether oxygens (including phenoxy) is 1. The third-order valence-electron chi connectivity index (χ3n) is 4.03. The first kappa shape index (κ1) is 24.5. The number of nitrogens with one attached hydrogen (secondary N) is 3. The Hall–Kier alpha value is -2.57. The Morgan fingerprint density at radius 2 is 1.48 bits per heavy atom. The lowest BCUT2D eigenvalue weighted by Crippen LogP contribution is -2.53. The van der Waals surface area contributed by atoms with Gasteiger partial charge in [0.1, 0.15) is 11.6 Å². The van der Waals surface area contributed by atoms with Crippen molar-refractivity contribution < 1.29 is 19.1 Å². The summed E-state index contributed by atoms with van der Waals surface area (Å²) in [6, 6.07) is 6.53. The summed E-state index contributed by atoms with van der Waals surface area (Å²) in [5.74, 6) is -0.691. The molecule has 0 fully saturated rings. The zero-order valence-electron chi connectivity index (χ0n) is 18.8. The topological polar surface area (TPSA) is 96.5 Å². The molecule has 3 N–H and O–H groups in total. The fourth-order valence-corrected chi connectivity index (χ4v) is 2.57. The first-order valence-electron chi connectivity index (χ1n) is 9.89. The molecule has 29 heavy (non-hydrogen) atoms. The molecular formula is C22H35N3O4. The van der Waals surface area contributed by atoms with Gasteiger partial charge < -0.3 is 10.1 Å². The van der Waals surface area contributed by atoms with E-state index in [1.165, 1.54) is 0 Å². The lowest BCUT2D eigenvalue weighted by molar-refractivity contribution is -0.124. The Bertz CT molecular complexity index is 713. The van der Waals surface area contributed by atoms with Gasteiger partial charge in [-0.3, -0.25) is 15.0 Å². The number of rotatable bonds is 5. The van der Waals surface area contributed by atoms with Crippen molar-refractivity contribution in [3.8, 4) is 0 Å². The molecule has 0 unspecified atom stereocenters. The number of hydrogen-bond donors (Lipinski definition) is 3. The molecule has 0 aliphatic rings. The first-order valence-corrected chi connectivity index (χ1v) is 9.89. The monoisotopic (exact) mass is 405 g/mol. The zero-order chi connectivity index (χ0) is 22.4. The van der Waals surface area contributed by atoms with Crippen LogP contribution in [0.4, 0.5) is 4.79 Å². The van der Waals surface area contributed by atoms with Crippen molar-refractivity contribution in [2.45, 2.75) is 78.9 Å². The maximum Gasteiger partial charge on any atom is 0.426 e. The second-order valence-corrected chi connectivity index (χ2v) is 9.60. The fourth-order valence-electron chi connectivity index (χ4n) is 2.57. The summed E-state index contributed by atoms with van der Waals surface area (Å²) in [4.78, 5) is 36.9. The summed E-state index contributed by atoms with van der Waals surface area (Å²) in [6.07, 6.45) is -0.341. The van der Waals surface area contributed by atoms with Crippen LogP contribution in [0, 0.1) is 5.92 Å². The standard InChI is InChI=1S/C22H35N3O4/c1-14(2)13-17(19(27)24-25-20(28)29-22(6,7)8)23-18(26)15-9-11-16(12-10-15)21(3,4)5/h9-12,14,17H,13H2,1-8H3,(H,23,26)(H,24,27)(H,25,28)/t17-/m0/s1. The predicted molar refractivity (Wildman–Crippen MR) is 113 cm³/mol. The van der Waals surface area contributed by atoms with Gasteiger partial charge >= 0.3 is 6.09 Å². The summed E-state index contributed by atoms with van der Waals surface area (Å²) in [5.41, 5.74) is 5.43. The Morgan fingerprint density at radius 1 is 0.931 bits per heavy atom. The molecule has 3 amide bonds. The molecule has 162 valence electrons. The summed E-state index contributed by atoms with van der Waals surface area (Å²) in [5, 5.41) is 2.75. The van der Waals surface area contributed by atoms with E-state index in [-0.39, 0.29) is 17.2 Å². The van der Waals surface area contributed by atoms with Crippen LogP contribution in [0.5, 0.6) is 0 Å². The van der Waals surface area contributed by atoms with Crippen LogP contribution in [-0.4, -0.2) is 29.6 Å². The largest absolute Gasteiger partial charge is 0.443 e. The fraction of sp³-hybridized carbons (Fsp3) is 0.591. The third-order valence-corrected chi connectivity index (χ3v) is 4.03. The minimum absolute atomic E-state index is 0.0115. The maximum absolute atomic E-state index is 12.6. The van der Waals surface area contributed by atoms with Crippen molar-refractivity contribution in [1.82, 2.24) is 16.2 Å². The molecule has 7 heteroatoms. The van der Waals surface area contributed by atoms with E-state index in [0.29, 0.717) is 12.0 Å². The molecule has 0 saturated heterocycles. The lowest BCUT2D eigenvalue weighted by atomic mass is 9.86. The SMILES string of the molecule is CC(C)C[C@H](NC(=O)c1ccc(C(C)(C)C)cc1)C(=O)NNC(=O)OC(C)(C)C. The molecular weight excluding hydrogens is 370 g/mol. The van der Waals surface area contributed by atoms with E-state index in [2.05, 4.69) is 36.9 Å². The number of hydrazine groups is 1. The van der Waals surface area contributed by atoms with E-state index in [9.17, 15) is 14.4 Å². The highest BCUT2D eigenvalue weighted by Gasteiger charge is 2.24. The summed E-state index contributed by atoms with van der Waals surface area (Å²) >= 11 is 0. The number of amides is 3. The Kier molecular flexibility index (Phi) is 8.24. The zero-order valence-corrected chi connectivity index (χ0v) is 18.8. The number of benzene rings is 1. The molecule has 0 heterocycles.